The van der Waals surface area contributed by atoms with Crippen molar-refractivity contribution >= 4 is 28.9 Å². The molecule has 0 atom stereocenters. The Hall–Kier alpha value is -4.92. The van der Waals surface area contributed by atoms with Gasteiger partial charge < -0.3 is 30.0 Å². The number of nitrogens with one attached hydrogen (secondary N) is 1. The molecule has 7 rings (SSSR count). The van der Waals surface area contributed by atoms with Crippen molar-refractivity contribution in [2.24, 2.45) is 14.1 Å². The molecule has 0 saturated carbocycles. The van der Waals surface area contributed by atoms with E-state index in [9.17, 15) is 4.79 Å². The molecule has 2 fully saturated rings. The summed E-state index contributed by atoms with van der Waals surface area (Å²) in [6.07, 6.45) is 3.77. The number of benzene rings is 3. The first-order valence-electron chi connectivity index (χ1n) is 18.2. The smallest absolute Gasteiger partial charge is 0.228 e. The number of morpholine rings is 2. The molecule has 13 nitrogen and oxygen atoms in total. The first kappa shape index (κ1) is 38.8. The number of aromatic nitrogens is 4. The Morgan fingerprint density at radius 2 is 1.31 bits per heavy atom. The third kappa shape index (κ3) is 11.1. The van der Waals surface area contributed by atoms with E-state index in [1.807, 2.05) is 79.4 Å². The van der Waals surface area contributed by atoms with Crippen molar-refractivity contribution in [2.75, 3.05) is 90.0 Å². The third-order valence-corrected chi connectivity index (χ3v) is 9.49. The van der Waals surface area contributed by atoms with Crippen molar-refractivity contribution in [3.05, 3.63) is 95.8 Å². The van der Waals surface area contributed by atoms with Crippen LogP contribution in [0, 0.1) is 0 Å². The van der Waals surface area contributed by atoms with Crippen LogP contribution in [0.2, 0.25) is 5.02 Å². The summed E-state index contributed by atoms with van der Waals surface area (Å²) in [5.41, 5.74) is 12.0. The summed E-state index contributed by atoms with van der Waals surface area (Å²) in [7, 11) is 3.80. The zero-order chi connectivity index (χ0) is 37.7. The lowest BCUT2D eigenvalue weighted by molar-refractivity contribution is -0.115. The number of rotatable bonds is 13. The van der Waals surface area contributed by atoms with Crippen molar-refractivity contribution in [3.63, 3.8) is 0 Å². The number of nitrogens with two attached hydrogens (primary N) is 1. The number of aryl methyl sites for hydroxylation is 2. The number of nitrogen functional groups attached to an aromatic ring is 1. The van der Waals surface area contributed by atoms with Crippen molar-refractivity contribution < 1.29 is 23.7 Å². The molecule has 3 aromatic carbocycles. The Labute approximate surface area is 321 Å². The van der Waals surface area contributed by atoms with Crippen LogP contribution in [0.5, 0.6) is 11.5 Å². The molecule has 0 spiro atoms. The fraction of sp³-hybridized carbons (Fsp3) is 0.375. The van der Waals surface area contributed by atoms with E-state index in [-0.39, 0.29) is 12.3 Å². The Morgan fingerprint density at radius 1 is 0.759 bits per heavy atom. The monoisotopic (exact) mass is 756 g/mol. The number of amides is 1. The van der Waals surface area contributed by atoms with E-state index in [1.165, 1.54) is 0 Å². The van der Waals surface area contributed by atoms with E-state index in [2.05, 4.69) is 25.3 Å². The second-order valence-electron chi connectivity index (χ2n) is 13.1. The number of hydrogen-bond donors (Lipinski definition) is 2. The fourth-order valence-electron chi connectivity index (χ4n) is 6.34. The largest absolute Gasteiger partial charge is 0.492 e. The predicted molar refractivity (Wildman–Crippen MR) is 211 cm³/mol. The zero-order valence-corrected chi connectivity index (χ0v) is 31.7. The molecule has 0 radical (unpaired) electrons. The van der Waals surface area contributed by atoms with Gasteiger partial charge >= 0.3 is 0 Å². The molecule has 286 valence electrons. The molecule has 2 aliphatic rings. The summed E-state index contributed by atoms with van der Waals surface area (Å²) in [6.45, 7) is 9.91. The van der Waals surface area contributed by atoms with Gasteiger partial charge in [0.05, 0.1) is 44.2 Å². The standard InChI is InChI=1S/C24H27ClN4O3.C16H22N4O2/c1-28-22(7-8-26-28)21-17-20(27-24(30)16-18-3-2-4-19(25)15-18)5-6-23(21)32-14-11-29-9-12-31-13-10-29;1-19-15(4-5-18-19)14-12-13(17)2-3-16(14)22-11-8-20-6-9-21-10-7-20/h2-8,15,17H,9-14,16H2,1H3,(H,27,30);2-5,12H,6-11,17H2,1H3. The van der Waals surface area contributed by atoms with E-state index in [0.29, 0.717) is 23.9 Å². The number of anilines is 2. The molecule has 0 aliphatic carbocycles. The number of nitrogens with zero attached hydrogens (tertiary/aromatic N) is 6. The van der Waals surface area contributed by atoms with Crippen LogP contribution in [-0.2, 0) is 34.8 Å². The minimum atomic E-state index is -0.107. The minimum Gasteiger partial charge on any atom is -0.492 e. The van der Waals surface area contributed by atoms with Crippen LogP contribution in [0.4, 0.5) is 11.4 Å². The maximum absolute atomic E-state index is 12.6. The topological polar surface area (TPSA) is 134 Å². The number of carbonyl (C=O) groups is 1. The first-order valence-corrected chi connectivity index (χ1v) is 18.6. The molecule has 3 N–H and O–H groups in total. The summed E-state index contributed by atoms with van der Waals surface area (Å²) in [6, 6.07) is 22.6. The third-order valence-electron chi connectivity index (χ3n) is 9.25. The van der Waals surface area contributed by atoms with E-state index in [4.69, 9.17) is 36.3 Å². The number of carbonyl (C=O) groups excluding carboxylic acids is 1. The van der Waals surface area contributed by atoms with Crippen molar-refractivity contribution in [3.8, 4) is 34.0 Å². The lowest BCUT2D eigenvalue weighted by atomic mass is 10.1. The first-order chi connectivity index (χ1) is 26.3. The summed E-state index contributed by atoms with van der Waals surface area (Å²) in [4.78, 5) is 17.3. The van der Waals surface area contributed by atoms with Gasteiger partial charge in [0.15, 0.2) is 0 Å². The Bertz CT molecular complexity index is 1950. The highest BCUT2D eigenvalue weighted by Crippen LogP contribution is 2.33. The van der Waals surface area contributed by atoms with Crippen LogP contribution in [-0.4, -0.2) is 114 Å². The van der Waals surface area contributed by atoms with Crippen LogP contribution in [0.15, 0.2) is 85.2 Å². The molecule has 2 saturated heterocycles. The Kier molecular flexibility index (Phi) is 14.0. The molecule has 4 heterocycles. The van der Waals surface area contributed by atoms with E-state index < -0.39 is 0 Å². The van der Waals surface area contributed by atoms with Crippen LogP contribution < -0.4 is 20.5 Å². The highest BCUT2D eigenvalue weighted by molar-refractivity contribution is 6.30. The second-order valence-corrected chi connectivity index (χ2v) is 13.5. The van der Waals surface area contributed by atoms with E-state index >= 15 is 0 Å². The summed E-state index contributed by atoms with van der Waals surface area (Å²) in [5.74, 6) is 1.49. The highest BCUT2D eigenvalue weighted by atomic mass is 35.5. The van der Waals surface area contributed by atoms with Gasteiger partial charge in [-0.25, -0.2) is 0 Å². The van der Waals surface area contributed by atoms with Gasteiger partial charge in [0, 0.05) is 93.3 Å². The molecule has 0 bridgehead atoms. The maximum atomic E-state index is 12.6. The van der Waals surface area contributed by atoms with Crippen LogP contribution >= 0.6 is 11.6 Å². The average molecular weight is 757 g/mol. The summed E-state index contributed by atoms with van der Waals surface area (Å²) >= 11 is 6.03. The molecular weight excluding hydrogens is 708 g/mol. The van der Waals surface area contributed by atoms with Gasteiger partial charge in [-0.3, -0.25) is 24.0 Å². The van der Waals surface area contributed by atoms with Gasteiger partial charge in [-0.1, -0.05) is 23.7 Å². The van der Waals surface area contributed by atoms with E-state index in [1.54, 1.807) is 29.2 Å². The number of hydrogen-bond acceptors (Lipinski definition) is 10. The van der Waals surface area contributed by atoms with Crippen molar-refractivity contribution in [1.82, 2.24) is 29.4 Å². The molecule has 5 aromatic rings. The summed E-state index contributed by atoms with van der Waals surface area (Å²) < 4.78 is 26.5. The number of ether oxygens (including phenoxy) is 4. The molecule has 1 amide bonds. The van der Waals surface area contributed by atoms with Crippen LogP contribution in [0.25, 0.3) is 22.5 Å². The van der Waals surface area contributed by atoms with Gasteiger partial charge in [-0.15, -0.1) is 0 Å². The zero-order valence-electron chi connectivity index (χ0n) is 31.0. The maximum Gasteiger partial charge on any atom is 0.228 e. The second kappa shape index (κ2) is 19.4. The van der Waals surface area contributed by atoms with Gasteiger partial charge in [0.2, 0.25) is 5.91 Å². The van der Waals surface area contributed by atoms with Crippen molar-refractivity contribution in [1.29, 1.82) is 0 Å². The van der Waals surface area contributed by atoms with Gasteiger partial charge in [-0.05, 0) is 66.2 Å². The molecule has 0 unspecified atom stereocenters. The molecule has 2 aromatic heterocycles. The van der Waals surface area contributed by atoms with Gasteiger partial charge in [0.25, 0.3) is 0 Å². The molecule has 54 heavy (non-hydrogen) atoms. The molecule has 14 heteroatoms. The van der Waals surface area contributed by atoms with Gasteiger partial charge in [0.1, 0.15) is 24.7 Å². The lowest BCUT2D eigenvalue weighted by Crippen LogP contribution is -2.38. The normalized spacial score (nSPS) is 14.9. The van der Waals surface area contributed by atoms with Crippen LogP contribution in [0.3, 0.4) is 0 Å². The van der Waals surface area contributed by atoms with Crippen molar-refractivity contribution in [2.45, 2.75) is 6.42 Å². The quantitative estimate of drug-likeness (QED) is 0.158. The average Bonchev–Trinajstić information content (AvgIpc) is 3.81. The molecular formula is C40H49ClN8O5. The minimum absolute atomic E-state index is 0.107. The SMILES string of the molecule is Cn1nccc1-c1cc(N)ccc1OCCN1CCOCC1.Cn1nccc1-c1cc(NC(=O)Cc2cccc(Cl)c2)ccc1OCCN1CCOCC1. The molecule has 2 aliphatic heterocycles. The fourth-order valence-corrected chi connectivity index (χ4v) is 6.55. The Morgan fingerprint density at radius 3 is 1.85 bits per heavy atom. The number of halogens is 1. The van der Waals surface area contributed by atoms with Gasteiger partial charge in [-0.2, -0.15) is 10.2 Å². The van der Waals surface area contributed by atoms with E-state index in [0.717, 1.165) is 111 Å². The highest BCUT2D eigenvalue weighted by Gasteiger charge is 2.16. The lowest BCUT2D eigenvalue weighted by Gasteiger charge is -2.26. The summed E-state index contributed by atoms with van der Waals surface area (Å²) in [5, 5.41) is 12.1. The Balaban J connectivity index is 0.000000197. The predicted octanol–water partition coefficient (Wildman–Crippen LogP) is 5.01. The van der Waals surface area contributed by atoms with Crippen LogP contribution in [0.1, 0.15) is 5.56 Å².